The molecule has 0 N–H and O–H groups in total. The Hall–Kier alpha value is -2.47. The van der Waals surface area contributed by atoms with Gasteiger partial charge in [0.25, 0.3) is 0 Å². The fraction of sp³-hybridized carbons (Fsp3) is 0. The average molecular weight is 271 g/mol. The lowest BCUT2D eigenvalue weighted by molar-refractivity contribution is -0.401. The van der Waals surface area contributed by atoms with Gasteiger partial charge in [0, 0.05) is 23.2 Å². The summed E-state index contributed by atoms with van der Waals surface area (Å²) in [5, 5.41) is 12.4. The SMILES string of the molecule is O=[N+]([O-])C=Cc1c(-c2ccccc2)nc2sccn12. The summed E-state index contributed by atoms with van der Waals surface area (Å²) in [6.07, 6.45) is 4.28. The van der Waals surface area contributed by atoms with Crippen LogP contribution in [0.1, 0.15) is 5.69 Å². The van der Waals surface area contributed by atoms with Crippen molar-refractivity contribution in [3.8, 4) is 11.3 Å². The Morgan fingerprint density at radius 2 is 2.11 bits per heavy atom. The molecule has 0 bridgehead atoms. The van der Waals surface area contributed by atoms with Crippen LogP contribution in [-0.4, -0.2) is 14.3 Å². The molecular weight excluding hydrogens is 262 g/mol. The quantitative estimate of drug-likeness (QED) is 0.542. The standard InChI is InChI=1S/C13H9N3O2S/c17-16(18)7-6-11-12(10-4-2-1-3-5-10)14-13-15(11)8-9-19-13/h1-9H. The molecule has 0 spiro atoms. The minimum atomic E-state index is -0.472. The number of thiazole rings is 1. The van der Waals surface area contributed by atoms with Crippen molar-refractivity contribution in [3.63, 3.8) is 0 Å². The Morgan fingerprint density at radius 1 is 1.32 bits per heavy atom. The van der Waals surface area contributed by atoms with Crippen LogP contribution in [-0.2, 0) is 0 Å². The van der Waals surface area contributed by atoms with Gasteiger partial charge in [0.15, 0.2) is 4.96 Å². The van der Waals surface area contributed by atoms with Gasteiger partial charge in [-0.05, 0) is 0 Å². The van der Waals surface area contributed by atoms with Gasteiger partial charge in [-0.1, -0.05) is 30.3 Å². The van der Waals surface area contributed by atoms with Gasteiger partial charge in [0.2, 0.25) is 6.20 Å². The lowest BCUT2D eigenvalue weighted by Crippen LogP contribution is -1.88. The van der Waals surface area contributed by atoms with E-state index < -0.39 is 4.92 Å². The van der Waals surface area contributed by atoms with Crippen molar-refractivity contribution in [1.29, 1.82) is 0 Å². The zero-order chi connectivity index (χ0) is 13.2. The second-order valence-corrected chi connectivity index (χ2v) is 4.74. The highest BCUT2D eigenvalue weighted by Crippen LogP contribution is 2.27. The van der Waals surface area contributed by atoms with E-state index in [1.165, 1.54) is 17.4 Å². The van der Waals surface area contributed by atoms with Crippen molar-refractivity contribution >= 4 is 22.4 Å². The molecule has 2 aromatic heterocycles. The number of fused-ring (bicyclic) bond motifs is 1. The number of hydrogen-bond acceptors (Lipinski definition) is 4. The minimum Gasteiger partial charge on any atom is -0.290 e. The van der Waals surface area contributed by atoms with E-state index in [-0.39, 0.29) is 0 Å². The van der Waals surface area contributed by atoms with Gasteiger partial charge >= 0.3 is 0 Å². The predicted molar refractivity (Wildman–Crippen MR) is 74.5 cm³/mol. The predicted octanol–water partition coefficient (Wildman–Crippen LogP) is 3.31. The maximum Gasteiger partial charge on any atom is 0.236 e. The first kappa shape index (κ1) is 11.6. The number of rotatable bonds is 3. The molecule has 0 aliphatic rings. The third kappa shape index (κ3) is 2.13. The Kier molecular flexibility index (Phi) is 2.85. The number of imidazole rings is 1. The molecule has 19 heavy (non-hydrogen) atoms. The van der Waals surface area contributed by atoms with Crippen molar-refractivity contribution in [2.75, 3.05) is 0 Å². The Labute approximate surface area is 112 Å². The zero-order valence-corrected chi connectivity index (χ0v) is 10.6. The van der Waals surface area contributed by atoms with Crippen molar-refractivity contribution in [2.45, 2.75) is 0 Å². The van der Waals surface area contributed by atoms with Crippen LogP contribution >= 0.6 is 11.3 Å². The molecule has 94 valence electrons. The lowest BCUT2D eigenvalue weighted by atomic mass is 10.1. The van der Waals surface area contributed by atoms with Crippen molar-refractivity contribution in [3.05, 3.63) is 63.9 Å². The molecule has 0 saturated heterocycles. The molecule has 0 saturated carbocycles. The molecule has 2 heterocycles. The summed E-state index contributed by atoms with van der Waals surface area (Å²) >= 11 is 1.50. The molecule has 0 radical (unpaired) electrons. The summed E-state index contributed by atoms with van der Waals surface area (Å²) in [6.45, 7) is 0. The van der Waals surface area contributed by atoms with Gasteiger partial charge in [-0.15, -0.1) is 11.3 Å². The van der Waals surface area contributed by atoms with Gasteiger partial charge in [-0.3, -0.25) is 14.5 Å². The molecule has 5 nitrogen and oxygen atoms in total. The summed E-state index contributed by atoms with van der Waals surface area (Å²) in [6, 6.07) is 9.65. The van der Waals surface area contributed by atoms with E-state index in [1.54, 1.807) is 0 Å². The second-order valence-electron chi connectivity index (χ2n) is 3.87. The van der Waals surface area contributed by atoms with Crippen molar-refractivity contribution in [1.82, 2.24) is 9.38 Å². The topological polar surface area (TPSA) is 60.4 Å². The molecule has 0 amide bonds. The van der Waals surface area contributed by atoms with Crippen LogP contribution in [0.4, 0.5) is 0 Å². The summed E-state index contributed by atoms with van der Waals surface area (Å²) < 4.78 is 1.85. The molecule has 0 fully saturated rings. The largest absolute Gasteiger partial charge is 0.290 e. The first-order valence-electron chi connectivity index (χ1n) is 5.58. The van der Waals surface area contributed by atoms with Crippen LogP contribution in [0.2, 0.25) is 0 Å². The highest BCUT2D eigenvalue weighted by atomic mass is 32.1. The maximum atomic E-state index is 10.5. The molecular formula is C13H9N3O2S. The van der Waals surface area contributed by atoms with Gasteiger partial charge in [0.1, 0.15) is 0 Å². The van der Waals surface area contributed by atoms with E-state index in [4.69, 9.17) is 0 Å². The zero-order valence-electron chi connectivity index (χ0n) is 9.76. The lowest BCUT2D eigenvalue weighted by Gasteiger charge is -1.98. The highest BCUT2D eigenvalue weighted by molar-refractivity contribution is 7.15. The van der Waals surface area contributed by atoms with Crippen LogP contribution in [0.25, 0.3) is 22.3 Å². The first-order chi connectivity index (χ1) is 9.25. The Morgan fingerprint density at radius 3 is 2.84 bits per heavy atom. The summed E-state index contributed by atoms with van der Waals surface area (Å²) in [5.74, 6) is 0. The number of benzene rings is 1. The molecule has 3 rings (SSSR count). The second kappa shape index (κ2) is 4.66. The summed E-state index contributed by atoms with van der Waals surface area (Å²) in [5.41, 5.74) is 2.42. The average Bonchev–Trinajstić information content (AvgIpc) is 2.98. The Balaban J connectivity index is 2.21. The minimum absolute atomic E-state index is 0.472. The van der Waals surface area contributed by atoms with Gasteiger partial charge < -0.3 is 0 Å². The number of nitro groups is 1. The normalized spacial score (nSPS) is 11.4. The van der Waals surface area contributed by atoms with Gasteiger partial charge in [0.05, 0.1) is 16.3 Å². The van der Waals surface area contributed by atoms with Crippen LogP contribution in [0.3, 0.4) is 0 Å². The van der Waals surface area contributed by atoms with Crippen molar-refractivity contribution in [2.24, 2.45) is 0 Å². The summed E-state index contributed by atoms with van der Waals surface area (Å²) in [4.78, 5) is 15.4. The summed E-state index contributed by atoms with van der Waals surface area (Å²) in [7, 11) is 0. The van der Waals surface area contributed by atoms with Crippen LogP contribution in [0.15, 0.2) is 48.1 Å². The molecule has 3 aromatic rings. The van der Waals surface area contributed by atoms with E-state index in [1.807, 2.05) is 46.3 Å². The Bertz CT molecular complexity index is 759. The van der Waals surface area contributed by atoms with E-state index in [9.17, 15) is 10.1 Å². The molecule has 0 aliphatic heterocycles. The van der Waals surface area contributed by atoms with E-state index >= 15 is 0 Å². The number of aromatic nitrogens is 2. The molecule has 0 unspecified atom stereocenters. The molecule has 6 heteroatoms. The fourth-order valence-electron chi connectivity index (χ4n) is 1.90. The number of nitrogens with zero attached hydrogens (tertiary/aromatic N) is 3. The van der Waals surface area contributed by atoms with Crippen LogP contribution < -0.4 is 0 Å². The van der Waals surface area contributed by atoms with Gasteiger partial charge in [-0.25, -0.2) is 4.98 Å². The smallest absolute Gasteiger partial charge is 0.236 e. The van der Waals surface area contributed by atoms with Crippen LogP contribution in [0, 0.1) is 10.1 Å². The van der Waals surface area contributed by atoms with E-state index in [2.05, 4.69) is 4.98 Å². The van der Waals surface area contributed by atoms with Crippen molar-refractivity contribution < 1.29 is 4.92 Å². The van der Waals surface area contributed by atoms with E-state index in [0.29, 0.717) is 0 Å². The maximum absolute atomic E-state index is 10.5. The third-order valence-corrected chi connectivity index (χ3v) is 3.46. The number of hydrogen-bond donors (Lipinski definition) is 0. The molecule has 0 aliphatic carbocycles. The molecule has 0 atom stereocenters. The monoisotopic (exact) mass is 271 g/mol. The molecule has 1 aromatic carbocycles. The third-order valence-electron chi connectivity index (χ3n) is 2.70. The fourth-order valence-corrected chi connectivity index (χ4v) is 2.62. The highest BCUT2D eigenvalue weighted by Gasteiger charge is 2.13. The van der Waals surface area contributed by atoms with Gasteiger partial charge in [-0.2, -0.15) is 0 Å². The van der Waals surface area contributed by atoms with Crippen LogP contribution in [0.5, 0.6) is 0 Å². The van der Waals surface area contributed by atoms with E-state index in [0.717, 1.165) is 28.1 Å². The first-order valence-corrected chi connectivity index (χ1v) is 6.46.